The fourth-order valence-corrected chi connectivity index (χ4v) is 2.66. The predicted molar refractivity (Wildman–Crippen MR) is 90.7 cm³/mol. The maximum Gasteiger partial charge on any atom is 0.331 e. The van der Waals surface area contributed by atoms with Crippen molar-refractivity contribution in [3.05, 3.63) is 104 Å². The van der Waals surface area contributed by atoms with E-state index < -0.39 is 22.9 Å². The highest BCUT2D eigenvalue weighted by atomic mass is 19.1. The molecule has 0 unspecified atom stereocenters. The Hall–Kier alpha value is -3.02. The summed E-state index contributed by atoms with van der Waals surface area (Å²) in [6.45, 7) is 1.42. The number of rotatable bonds is 4. The smallest absolute Gasteiger partial charge is 0.293 e. The number of aromatic nitrogens is 2. The molecule has 1 heterocycles. The highest BCUT2D eigenvalue weighted by Crippen LogP contribution is 2.09. The van der Waals surface area contributed by atoms with Gasteiger partial charge in [0.2, 0.25) is 0 Å². The van der Waals surface area contributed by atoms with Crippen LogP contribution in [0.15, 0.2) is 64.2 Å². The molecule has 0 bridgehead atoms. The molecular formula is C19H16F2N2O2. The largest absolute Gasteiger partial charge is 0.331 e. The lowest BCUT2D eigenvalue weighted by Crippen LogP contribution is -2.41. The van der Waals surface area contributed by atoms with Crippen LogP contribution in [0.3, 0.4) is 0 Å². The Labute approximate surface area is 142 Å². The average Bonchev–Trinajstić information content (AvgIpc) is 2.58. The van der Waals surface area contributed by atoms with Gasteiger partial charge in [0.05, 0.1) is 13.1 Å². The first-order chi connectivity index (χ1) is 12.0. The van der Waals surface area contributed by atoms with E-state index in [1.165, 1.54) is 34.9 Å². The van der Waals surface area contributed by atoms with E-state index in [1.54, 1.807) is 31.2 Å². The van der Waals surface area contributed by atoms with E-state index in [0.29, 0.717) is 11.3 Å². The van der Waals surface area contributed by atoms with Gasteiger partial charge < -0.3 is 0 Å². The minimum absolute atomic E-state index is 0.00507. The fourth-order valence-electron chi connectivity index (χ4n) is 2.66. The molecule has 0 aliphatic carbocycles. The molecule has 2 aromatic carbocycles. The van der Waals surface area contributed by atoms with Crippen molar-refractivity contribution in [2.24, 2.45) is 0 Å². The molecule has 128 valence electrons. The molecule has 0 radical (unpaired) electrons. The third-order valence-corrected chi connectivity index (χ3v) is 4.06. The summed E-state index contributed by atoms with van der Waals surface area (Å²) >= 11 is 0. The van der Waals surface area contributed by atoms with Crippen LogP contribution < -0.4 is 11.2 Å². The summed E-state index contributed by atoms with van der Waals surface area (Å²) in [6.07, 6.45) is 0. The molecule has 4 nitrogen and oxygen atoms in total. The lowest BCUT2D eigenvalue weighted by molar-refractivity contribution is 0.551. The molecule has 0 aliphatic rings. The molecule has 0 atom stereocenters. The monoisotopic (exact) mass is 342 g/mol. The van der Waals surface area contributed by atoms with Gasteiger partial charge in [-0.25, -0.2) is 13.6 Å². The topological polar surface area (TPSA) is 44.0 Å². The summed E-state index contributed by atoms with van der Waals surface area (Å²) in [5, 5.41) is 0. The third kappa shape index (κ3) is 3.42. The molecule has 0 N–H and O–H groups in total. The van der Waals surface area contributed by atoms with Crippen molar-refractivity contribution in [1.29, 1.82) is 0 Å². The van der Waals surface area contributed by atoms with Crippen molar-refractivity contribution in [3.8, 4) is 0 Å². The SMILES string of the molecule is Cc1cc(=O)n(Cc2ccccc2F)c(=O)n1Cc1ccccc1F. The van der Waals surface area contributed by atoms with E-state index >= 15 is 0 Å². The molecule has 0 fully saturated rings. The number of halogens is 2. The molecular weight excluding hydrogens is 326 g/mol. The Bertz CT molecular complexity index is 1040. The first-order valence-electron chi connectivity index (χ1n) is 7.75. The molecule has 0 saturated carbocycles. The molecule has 3 rings (SSSR count). The van der Waals surface area contributed by atoms with Gasteiger partial charge in [-0.15, -0.1) is 0 Å². The second-order valence-electron chi connectivity index (χ2n) is 5.76. The summed E-state index contributed by atoms with van der Waals surface area (Å²) in [5.41, 5.74) is -0.123. The van der Waals surface area contributed by atoms with Crippen molar-refractivity contribution < 1.29 is 8.78 Å². The van der Waals surface area contributed by atoms with Crippen LogP contribution >= 0.6 is 0 Å². The van der Waals surface area contributed by atoms with Gasteiger partial charge in [-0.2, -0.15) is 0 Å². The summed E-state index contributed by atoms with van der Waals surface area (Å²) in [5.74, 6) is -0.921. The number of benzene rings is 2. The van der Waals surface area contributed by atoms with E-state index in [9.17, 15) is 18.4 Å². The predicted octanol–water partition coefficient (Wildman–Crippen LogP) is 2.69. The van der Waals surface area contributed by atoms with Gasteiger partial charge in [-0.05, 0) is 19.1 Å². The lowest BCUT2D eigenvalue weighted by atomic mass is 10.2. The summed E-state index contributed by atoms with van der Waals surface area (Å²) in [7, 11) is 0. The van der Waals surface area contributed by atoms with E-state index in [4.69, 9.17) is 0 Å². The minimum atomic E-state index is -0.600. The van der Waals surface area contributed by atoms with Gasteiger partial charge in [0.1, 0.15) is 11.6 Å². The van der Waals surface area contributed by atoms with Crippen molar-refractivity contribution in [2.45, 2.75) is 20.0 Å². The van der Waals surface area contributed by atoms with Crippen LogP contribution in [0.4, 0.5) is 8.78 Å². The molecule has 25 heavy (non-hydrogen) atoms. The number of hydrogen-bond acceptors (Lipinski definition) is 2. The van der Waals surface area contributed by atoms with Crippen molar-refractivity contribution in [1.82, 2.24) is 9.13 Å². The van der Waals surface area contributed by atoms with Gasteiger partial charge in [0, 0.05) is 22.9 Å². The van der Waals surface area contributed by atoms with Crippen LogP contribution in [0.25, 0.3) is 0 Å². The van der Waals surface area contributed by atoms with Gasteiger partial charge in [0.15, 0.2) is 0 Å². The van der Waals surface area contributed by atoms with Gasteiger partial charge in [0.25, 0.3) is 5.56 Å². The summed E-state index contributed by atoms with van der Waals surface area (Å²) in [6, 6.07) is 13.4. The Morgan fingerprint density at radius 3 is 1.80 bits per heavy atom. The van der Waals surface area contributed by atoms with E-state index in [-0.39, 0.29) is 18.7 Å². The number of nitrogens with zero attached hydrogens (tertiary/aromatic N) is 2. The van der Waals surface area contributed by atoms with Crippen molar-refractivity contribution in [3.63, 3.8) is 0 Å². The fraction of sp³-hybridized carbons (Fsp3) is 0.158. The number of aryl methyl sites for hydroxylation is 1. The molecule has 3 aromatic rings. The molecule has 0 amide bonds. The summed E-state index contributed by atoms with van der Waals surface area (Å²) in [4.78, 5) is 24.9. The second kappa shape index (κ2) is 6.84. The quantitative estimate of drug-likeness (QED) is 0.732. The zero-order valence-corrected chi connectivity index (χ0v) is 13.6. The molecule has 0 saturated heterocycles. The highest BCUT2D eigenvalue weighted by Gasteiger charge is 2.13. The van der Waals surface area contributed by atoms with E-state index in [2.05, 4.69) is 0 Å². The first kappa shape index (κ1) is 16.8. The van der Waals surface area contributed by atoms with Crippen molar-refractivity contribution in [2.75, 3.05) is 0 Å². The standard InChI is InChI=1S/C19H16F2N2O2/c1-13-10-18(24)23(12-15-7-3-5-9-17(15)21)19(25)22(13)11-14-6-2-4-8-16(14)20/h2-10H,11-12H2,1H3. The maximum atomic E-state index is 13.9. The molecule has 0 aliphatic heterocycles. The normalized spacial score (nSPS) is 10.8. The zero-order chi connectivity index (χ0) is 18.0. The molecule has 1 aromatic heterocycles. The maximum absolute atomic E-state index is 13.9. The first-order valence-corrected chi connectivity index (χ1v) is 7.75. The Kier molecular flexibility index (Phi) is 4.61. The van der Waals surface area contributed by atoms with E-state index in [1.807, 2.05) is 0 Å². The Morgan fingerprint density at radius 1 is 0.800 bits per heavy atom. The second-order valence-corrected chi connectivity index (χ2v) is 5.76. The minimum Gasteiger partial charge on any atom is -0.293 e. The third-order valence-electron chi connectivity index (χ3n) is 4.06. The van der Waals surface area contributed by atoms with Crippen LogP contribution in [0.2, 0.25) is 0 Å². The Morgan fingerprint density at radius 2 is 1.28 bits per heavy atom. The van der Waals surface area contributed by atoms with Crippen LogP contribution in [0.5, 0.6) is 0 Å². The average molecular weight is 342 g/mol. The van der Waals surface area contributed by atoms with Gasteiger partial charge in [-0.1, -0.05) is 36.4 Å². The lowest BCUT2D eigenvalue weighted by Gasteiger charge is -2.14. The van der Waals surface area contributed by atoms with Gasteiger partial charge >= 0.3 is 5.69 Å². The summed E-state index contributed by atoms with van der Waals surface area (Å²) < 4.78 is 30.0. The molecule has 6 heteroatoms. The van der Waals surface area contributed by atoms with Crippen LogP contribution in [-0.2, 0) is 13.1 Å². The van der Waals surface area contributed by atoms with Crippen LogP contribution in [0.1, 0.15) is 16.8 Å². The van der Waals surface area contributed by atoms with Crippen molar-refractivity contribution >= 4 is 0 Å². The zero-order valence-electron chi connectivity index (χ0n) is 13.6. The van der Waals surface area contributed by atoms with E-state index in [0.717, 1.165) is 4.57 Å². The Balaban J connectivity index is 2.07. The van der Waals surface area contributed by atoms with Crippen LogP contribution in [-0.4, -0.2) is 9.13 Å². The number of hydrogen-bond donors (Lipinski definition) is 0. The molecule has 0 spiro atoms. The highest BCUT2D eigenvalue weighted by molar-refractivity contribution is 5.20. The van der Waals surface area contributed by atoms with Gasteiger partial charge in [-0.3, -0.25) is 13.9 Å². The van der Waals surface area contributed by atoms with Crippen LogP contribution in [0, 0.1) is 18.6 Å².